The van der Waals surface area contributed by atoms with Gasteiger partial charge in [-0.1, -0.05) is 109 Å². The van der Waals surface area contributed by atoms with Gasteiger partial charge in [0.2, 0.25) is 0 Å². The first-order valence-corrected chi connectivity index (χ1v) is 19.6. The molecule has 2 aliphatic rings. The molecule has 4 aromatic rings. The first-order valence-electron chi connectivity index (χ1n) is 19.6. The van der Waals surface area contributed by atoms with E-state index in [2.05, 4.69) is 5.32 Å². The molecule has 2 fully saturated rings. The Bertz CT molecular complexity index is 1990. The molecule has 0 spiro atoms. The van der Waals surface area contributed by atoms with E-state index in [-0.39, 0.29) is 25.4 Å². The number of methoxy groups -OCH3 is 2. The van der Waals surface area contributed by atoms with Gasteiger partial charge in [0.15, 0.2) is 24.8 Å². The maximum absolute atomic E-state index is 13.5. The smallest absolute Gasteiger partial charge is 0.407 e. The summed E-state index contributed by atoms with van der Waals surface area (Å²) in [5, 5.41) is 14.3. The molecule has 0 aliphatic carbocycles. The number of aliphatic hydroxyl groups is 1. The maximum atomic E-state index is 13.5. The molecule has 0 radical (unpaired) electrons. The highest BCUT2D eigenvalue weighted by Crippen LogP contribution is 2.34. The Hall–Kier alpha value is -5.72. The Morgan fingerprint density at radius 1 is 0.639 bits per heavy atom. The molecule has 0 saturated carbocycles. The topological polar surface area (TPSA) is 193 Å². The molecule has 4 aromatic carbocycles. The van der Waals surface area contributed by atoms with Gasteiger partial charge in [0.05, 0.1) is 25.9 Å². The second-order valence-electron chi connectivity index (χ2n) is 14.1. The Kier molecular flexibility index (Phi) is 16.3. The Labute approximate surface area is 352 Å². The van der Waals surface area contributed by atoms with E-state index in [4.69, 9.17) is 47.4 Å². The lowest BCUT2D eigenvalue weighted by Gasteiger charge is -2.48. The number of alkyl carbamates (subject to hydrolysis) is 1. The SMILES string of the molecule is COC(=O)[C@@H]1O[C@@H](O[C@H]2[C@H](OCc3ccccc3)[C@@H](NC(=O)OCc3ccccc3)[C@@H](OC)O[C@@H]2COC(=O)c2ccccc2)[C@H](OC(C)=O)[C@@H](OCc2ccccc2)[C@@H]1O. The number of benzene rings is 4. The van der Waals surface area contributed by atoms with Gasteiger partial charge >= 0.3 is 24.0 Å². The summed E-state index contributed by atoms with van der Waals surface area (Å²) in [6.45, 7) is 0.543. The average molecular weight is 844 g/mol. The zero-order chi connectivity index (χ0) is 43.1. The number of esters is 3. The van der Waals surface area contributed by atoms with Crippen LogP contribution in [-0.4, -0.2) is 111 Å². The van der Waals surface area contributed by atoms with Crippen LogP contribution in [0, 0.1) is 0 Å². The van der Waals surface area contributed by atoms with Crippen molar-refractivity contribution in [1.82, 2.24) is 5.32 Å². The Balaban J connectivity index is 1.38. The molecule has 0 aromatic heterocycles. The van der Waals surface area contributed by atoms with E-state index in [9.17, 15) is 24.3 Å². The summed E-state index contributed by atoms with van der Waals surface area (Å²) in [5.74, 6) is -2.44. The van der Waals surface area contributed by atoms with Crippen molar-refractivity contribution >= 4 is 24.0 Å². The van der Waals surface area contributed by atoms with E-state index in [1.807, 2.05) is 54.6 Å². The van der Waals surface area contributed by atoms with Crippen LogP contribution in [0.4, 0.5) is 4.79 Å². The highest BCUT2D eigenvalue weighted by Gasteiger charge is 2.56. The van der Waals surface area contributed by atoms with Crippen molar-refractivity contribution < 1.29 is 71.7 Å². The van der Waals surface area contributed by atoms with Crippen LogP contribution in [0.15, 0.2) is 121 Å². The molecule has 16 nitrogen and oxygen atoms in total. The van der Waals surface area contributed by atoms with E-state index >= 15 is 0 Å². The van der Waals surface area contributed by atoms with E-state index < -0.39 is 92.0 Å². The molecule has 324 valence electrons. The number of rotatable bonds is 17. The molecular formula is C45H49NO15. The molecule has 61 heavy (non-hydrogen) atoms. The molecule has 0 unspecified atom stereocenters. The lowest BCUT2D eigenvalue weighted by atomic mass is 9.94. The first kappa shape index (κ1) is 44.8. The minimum absolute atomic E-state index is 0.0270. The summed E-state index contributed by atoms with van der Waals surface area (Å²) in [5.41, 5.74) is 2.45. The van der Waals surface area contributed by atoms with Gasteiger partial charge in [0, 0.05) is 14.0 Å². The summed E-state index contributed by atoms with van der Waals surface area (Å²) in [7, 11) is 2.47. The van der Waals surface area contributed by atoms with Gasteiger partial charge in [-0.15, -0.1) is 0 Å². The van der Waals surface area contributed by atoms with Crippen LogP contribution < -0.4 is 5.32 Å². The number of carbonyl (C=O) groups excluding carboxylic acids is 4. The van der Waals surface area contributed by atoms with Crippen molar-refractivity contribution in [3.63, 3.8) is 0 Å². The molecule has 1 amide bonds. The summed E-state index contributed by atoms with van der Waals surface area (Å²) >= 11 is 0. The minimum Gasteiger partial charge on any atom is -0.467 e. The molecule has 10 atom stereocenters. The van der Waals surface area contributed by atoms with Crippen LogP contribution in [0.3, 0.4) is 0 Å². The first-order chi connectivity index (χ1) is 29.6. The van der Waals surface area contributed by atoms with Gasteiger partial charge in [0.1, 0.15) is 49.8 Å². The van der Waals surface area contributed by atoms with Crippen LogP contribution in [0.2, 0.25) is 0 Å². The van der Waals surface area contributed by atoms with Crippen LogP contribution >= 0.6 is 0 Å². The van der Waals surface area contributed by atoms with Crippen LogP contribution in [0.5, 0.6) is 0 Å². The second-order valence-corrected chi connectivity index (χ2v) is 14.1. The van der Waals surface area contributed by atoms with Gasteiger partial charge in [0.25, 0.3) is 0 Å². The maximum Gasteiger partial charge on any atom is 0.407 e. The Morgan fingerprint density at radius 2 is 1.18 bits per heavy atom. The fourth-order valence-corrected chi connectivity index (χ4v) is 6.91. The number of nitrogens with one attached hydrogen (secondary N) is 1. The van der Waals surface area contributed by atoms with E-state index in [1.165, 1.54) is 7.11 Å². The average Bonchev–Trinajstić information content (AvgIpc) is 3.29. The molecule has 2 heterocycles. The quantitative estimate of drug-likeness (QED) is 0.113. The standard InChI is InChI=1S/C45H49NO15/c1-28(47)58-40-38(55-25-30-18-10-5-11-19-30)35(48)39(42(50)52-2)61-44(40)60-36-33(27-56-41(49)32-22-14-7-15-23-32)59-43(53-3)34(37(36)54-24-29-16-8-4-9-17-29)46-45(51)57-26-31-20-12-6-13-21-31/h4-23,33-40,43-44,48H,24-27H2,1-3H3,(H,46,51)/t33-,34-,35+,36-,37-,38+,39-,40-,43+,44-/m1/s1. The third kappa shape index (κ3) is 12.2. The molecule has 16 heteroatoms. The number of hydrogen-bond donors (Lipinski definition) is 2. The van der Waals surface area contributed by atoms with Crippen molar-refractivity contribution in [3.05, 3.63) is 144 Å². The lowest BCUT2D eigenvalue weighted by molar-refractivity contribution is -0.349. The predicted octanol–water partition coefficient (Wildman–Crippen LogP) is 4.26. The van der Waals surface area contributed by atoms with E-state index in [0.29, 0.717) is 5.56 Å². The van der Waals surface area contributed by atoms with Crippen molar-refractivity contribution in [2.75, 3.05) is 20.8 Å². The monoisotopic (exact) mass is 843 g/mol. The highest BCUT2D eigenvalue weighted by atomic mass is 16.8. The van der Waals surface area contributed by atoms with Crippen molar-refractivity contribution in [2.24, 2.45) is 0 Å². The number of ether oxygens (including phenoxy) is 10. The number of amides is 1. The summed E-state index contributed by atoms with van der Waals surface area (Å²) in [6.07, 6.45) is -13.9. The summed E-state index contributed by atoms with van der Waals surface area (Å²) < 4.78 is 59.8. The van der Waals surface area contributed by atoms with Gasteiger partial charge in [-0.3, -0.25) is 4.79 Å². The van der Waals surface area contributed by atoms with Crippen molar-refractivity contribution in [1.29, 1.82) is 0 Å². The second kappa shape index (κ2) is 22.2. The molecule has 2 N–H and O–H groups in total. The number of hydrogen-bond acceptors (Lipinski definition) is 15. The van der Waals surface area contributed by atoms with Crippen molar-refractivity contribution in [3.8, 4) is 0 Å². The third-order valence-electron chi connectivity index (χ3n) is 9.88. The molecule has 2 saturated heterocycles. The molecule has 2 aliphatic heterocycles. The van der Waals surface area contributed by atoms with Crippen LogP contribution in [0.1, 0.15) is 34.0 Å². The van der Waals surface area contributed by atoms with Crippen molar-refractivity contribution in [2.45, 2.75) is 88.1 Å². The lowest BCUT2D eigenvalue weighted by Crippen LogP contribution is -2.69. The zero-order valence-corrected chi connectivity index (χ0v) is 33.8. The van der Waals surface area contributed by atoms with Crippen LogP contribution in [0.25, 0.3) is 0 Å². The molecule has 6 rings (SSSR count). The Morgan fingerprint density at radius 3 is 1.72 bits per heavy atom. The highest BCUT2D eigenvalue weighted by molar-refractivity contribution is 5.89. The summed E-state index contributed by atoms with van der Waals surface area (Å²) in [6, 6.07) is 34.3. The van der Waals surface area contributed by atoms with E-state index in [1.54, 1.807) is 66.7 Å². The van der Waals surface area contributed by atoms with E-state index in [0.717, 1.165) is 25.2 Å². The number of carbonyl (C=O) groups is 4. The van der Waals surface area contributed by atoms with Gasteiger partial charge in [-0.2, -0.15) is 0 Å². The minimum atomic E-state index is -1.71. The largest absolute Gasteiger partial charge is 0.467 e. The van der Waals surface area contributed by atoms with Gasteiger partial charge < -0.3 is 57.8 Å². The fourth-order valence-electron chi connectivity index (χ4n) is 6.91. The van der Waals surface area contributed by atoms with Gasteiger partial charge in [-0.05, 0) is 28.8 Å². The fraction of sp³-hybridized carbons (Fsp3) is 0.378. The predicted molar refractivity (Wildman–Crippen MR) is 213 cm³/mol. The summed E-state index contributed by atoms with van der Waals surface area (Å²) in [4.78, 5) is 52.7. The normalized spacial score (nSPS) is 26.0. The molecule has 0 bridgehead atoms. The van der Waals surface area contributed by atoms with Crippen LogP contribution in [-0.2, 0) is 76.8 Å². The number of aliphatic hydroxyl groups excluding tert-OH is 1. The van der Waals surface area contributed by atoms with Gasteiger partial charge in [-0.25, -0.2) is 14.4 Å². The zero-order valence-electron chi connectivity index (χ0n) is 33.8. The molecular weight excluding hydrogens is 794 g/mol. The third-order valence-corrected chi connectivity index (χ3v) is 9.88.